The van der Waals surface area contributed by atoms with Crippen LogP contribution in [0.25, 0.3) is 0 Å². The number of hydrogen-bond donors (Lipinski definition) is 2. The summed E-state index contributed by atoms with van der Waals surface area (Å²) in [5.74, 6) is -0.433. The van der Waals surface area contributed by atoms with E-state index in [2.05, 4.69) is 26.2 Å². The van der Waals surface area contributed by atoms with Gasteiger partial charge in [-0.25, -0.2) is 13.6 Å². The number of nitrogens with zero attached hydrogens (tertiary/aromatic N) is 1. The van der Waals surface area contributed by atoms with Gasteiger partial charge in [0.1, 0.15) is 0 Å². The minimum Gasteiger partial charge on any atom is -0.322 e. The van der Waals surface area contributed by atoms with Gasteiger partial charge in [0.2, 0.25) is 10.0 Å². The molecule has 0 bridgehead atoms. The van der Waals surface area contributed by atoms with Crippen LogP contribution >= 0.6 is 27.5 Å². The Labute approximate surface area is 134 Å². The summed E-state index contributed by atoms with van der Waals surface area (Å²) in [4.78, 5) is 15.8. The monoisotopic (exact) mass is 389 g/mol. The number of hydrogen-bond acceptors (Lipinski definition) is 4. The Morgan fingerprint density at radius 3 is 2.62 bits per heavy atom. The number of primary sulfonamides is 1. The molecule has 6 nitrogen and oxygen atoms in total. The summed E-state index contributed by atoms with van der Waals surface area (Å²) in [6.07, 6.45) is 2.80. The smallest absolute Gasteiger partial charge is 0.257 e. The number of rotatable bonds is 3. The summed E-state index contributed by atoms with van der Waals surface area (Å²) in [5.41, 5.74) is 0.658. The molecular formula is C12H9BrClN3O3S. The molecule has 0 unspecified atom stereocenters. The number of carbonyl (C=O) groups is 1. The van der Waals surface area contributed by atoms with Gasteiger partial charge in [0.15, 0.2) is 0 Å². The Morgan fingerprint density at radius 2 is 2.05 bits per heavy atom. The highest BCUT2D eigenvalue weighted by Gasteiger charge is 2.15. The van der Waals surface area contributed by atoms with E-state index in [-0.39, 0.29) is 20.0 Å². The summed E-state index contributed by atoms with van der Waals surface area (Å²) in [5, 5.41) is 7.87. The molecule has 110 valence electrons. The number of sulfonamides is 1. The van der Waals surface area contributed by atoms with Crippen LogP contribution in [-0.2, 0) is 10.0 Å². The molecule has 0 saturated heterocycles. The van der Waals surface area contributed by atoms with Gasteiger partial charge in [-0.3, -0.25) is 9.78 Å². The number of halogens is 2. The molecule has 0 saturated carbocycles. The Morgan fingerprint density at radius 1 is 1.33 bits per heavy atom. The van der Waals surface area contributed by atoms with E-state index in [9.17, 15) is 13.2 Å². The zero-order valence-electron chi connectivity index (χ0n) is 10.4. The molecule has 2 aromatic rings. The average molecular weight is 391 g/mol. The largest absolute Gasteiger partial charge is 0.322 e. The summed E-state index contributed by atoms with van der Waals surface area (Å²) in [6, 6.07) is 5.64. The van der Waals surface area contributed by atoms with Gasteiger partial charge in [-0.05, 0) is 40.2 Å². The number of aromatic nitrogens is 1. The fourth-order valence-corrected chi connectivity index (χ4v) is 3.42. The van der Waals surface area contributed by atoms with E-state index in [1.807, 2.05) is 0 Å². The van der Waals surface area contributed by atoms with E-state index in [0.717, 1.165) is 0 Å². The van der Waals surface area contributed by atoms with Crippen molar-refractivity contribution in [3.05, 3.63) is 51.7 Å². The zero-order valence-corrected chi connectivity index (χ0v) is 13.5. The number of nitrogens with two attached hydrogens (primary N) is 1. The van der Waals surface area contributed by atoms with Crippen molar-refractivity contribution in [3.8, 4) is 0 Å². The molecule has 0 atom stereocenters. The zero-order chi connectivity index (χ0) is 15.6. The quantitative estimate of drug-likeness (QED) is 0.840. The lowest BCUT2D eigenvalue weighted by atomic mass is 10.2. The van der Waals surface area contributed by atoms with Crippen molar-refractivity contribution in [2.24, 2.45) is 5.14 Å². The van der Waals surface area contributed by atoms with E-state index in [1.54, 1.807) is 0 Å². The summed E-state index contributed by atoms with van der Waals surface area (Å²) in [6.45, 7) is 0. The van der Waals surface area contributed by atoms with Crippen LogP contribution in [0.2, 0.25) is 5.02 Å². The van der Waals surface area contributed by atoms with Crippen molar-refractivity contribution in [2.75, 3.05) is 5.32 Å². The number of carbonyl (C=O) groups excluding carboxylic acids is 1. The van der Waals surface area contributed by atoms with Crippen molar-refractivity contribution in [1.29, 1.82) is 0 Å². The van der Waals surface area contributed by atoms with E-state index >= 15 is 0 Å². The maximum atomic E-state index is 12.0. The molecule has 2 rings (SSSR count). The second-order valence-electron chi connectivity index (χ2n) is 4.00. The van der Waals surface area contributed by atoms with Crippen molar-refractivity contribution in [1.82, 2.24) is 4.98 Å². The number of pyridine rings is 1. The van der Waals surface area contributed by atoms with Crippen LogP contribution < -0.4 is 10.5 Å². The van der Waals surface area contributed by atoms with Crippen LogP contribution in [-0.4, -0.2) is 19.3 Å². The van der Waals surface area contributed by atoms with Crippen LogP contribution in [0.1, 0.15) is 10.4 Å². The molecule has 21 heavy (non-hydrogen) atoms. The molecule has 0 radical (unpaired) electrons. The van der Waals surface area contributed by atoms with Crippen molar-refractivity contribution >= 4 is 49.1 Å². The van der Waals surface area contributed by atoms with Crippen molar-refractivity contribution in [3.63, 3.8) is 0 Å². The average Bonchev–Trinajstić information content (AvgIpc) is 2.37. The molecule has 1 aromatic heterocycles. The maximum Gasteiger partial charge on any atom is 0.257 e. The minimum atomic E-state index is -3.83. The summed E-state index contributed by atoms with van der Waals surface area (Å²) >= 11 is 8.97. The molecule has 3 N–H and O–H groups in total. The highest BCUT2D eigenvalue weighted by atomic mass is 79.9. The highest BCUT2D eigenvalue weighted by molar-refractivity contribution is 9.10. The van der Waals surface area contributed by atoms with Gasteiger partial charge in [-0.15, -0.1) is 0 Å². The Bertz CT molecular complexity index is 811. The molecule has 9 heteroatoms. The van der Waals surface area contributed by atoms with Gasteiger partial charge >= 0.3 is 0 Å². The van der Waals surface area contributed by atoms with Gasteiger partial charge in [-0.2, -0.15) is 0 Å². The van der Waals surface area contributed by atoms with Gasteiger partial charge in [0.05, 0.1) is 15.5 Å². The van der Waals surface area contributed by atoms with E-state index < -0.39 is 15.9 Å². The lowest BCUT2D eigenvalue weighted by molar-refractivity contribution is 0.102. The number of benzene rings is 1. The van der Waals surface area contributed by atoms with Gasteiger partial charge < -0.3 is 5.32 Å². The molecular weight excluding hydrogens is 382 g/mol. The molecule has 0 aliphatic rings. The van der Waals surface area contributed by atoms with E-state index in [1.165, 1.54) is 36.7 Å². The van der Waals surface area contributed by atoms with Crippen LogP contribution in [0.4, 0.5) is 5.69 Å². The summed E-state index contributed by atoms with van der Waals surface area (Å²) < 4.78 is 22.8. The Hall–Kier alpha value is -1.48. The van der Waals surface area contributed by atoms with Gasteiger partial charge in [-0.1, -0.05) is 11.6 Å². The Kier molecular flexibility index (Phi) is 4.62. The van der Waals surface area contributed by atoms with Crippen LogP contribution in [0.15, 0.2) is 46.0 Å². The lowest BCUT2D eigenvalue weighted by Gasteiger charge is -2.08. The predicted octanol–water partition coefficient (Wildman–Crippen LogP) is 2.40. The topological polar surface area (TPSA) is 102 Å². The van der Waals surface area contributed by atoms with E-state index in [4.69, 9.17) is 16.7 Å². The first-order valence-electron chi connectivity index (χ1n) is 5.52. The molecule has 1 amide bonds. The fraction of sp³-hybridized carbons (Fsp3) is 0. The second kappa shape index (κ2) is 6.10. The minimum absolute atomic E-state index is 0.0672. The molecule has 0 fully saturated rings. The van der Waals surface area contributed by atoms with E-state index in [0.29, 0.717) is 5.69 Å². The summed E-state index contributed by atoms with van der Waals surface area (Å²) in [7, 11) is -3.83. The molecule has 1 aromatic carbocycles. The SMILES string of the molecule is NS(=O)(=O)c1ccc(NC(=O)c2ccncc2Cl)cc1Br. The lowest BCUT2D eigenvalue weighted by Crippen LogP contribution is -2.15. The Balaban J connectivity index is 2.27. The number of amides is 1. The first kappa shape index (κ1) is 15.9. The molecule has 1 heterocycles. The third-order valence-corrected chi connectivity index (χ3v) is 4.70. The molecule has 0 spiro atoms. The maximum absolute atomic E-state index is 12.0. The fourth-order valence-electron chi connectivity index (χ4n) is 1.57. The standard InChI is InChI=1S/C12H9BrClN3O3S/c13-9-5-7(1-2-11(9)21(15,19)20)17-12(18)8-3-4-16-6-10(8)14/h1-6H,(H,17,18)(H2,15,19,20). The van der Waals surface area contributed by atoms with Crippen LogP contribution in [0.3, 0.4) is 0 Å². The van der Waals surface area contributed by atoms with Crippen molar-refractivity contribution < 1.29 is 13.2 Å². The van der Waals surface area contributed by atoms with Gasteiger partial charge in [0.25, 0.3) is 5.91 Å². The number of nitrogens with one attached hydrogen (secondary N) is 1. The second-order valence-corrected chi connectivity index (χ2v) is 6.79. The normalized spacial score (nSPS) is 11.2. The van der Waals surface area contributed by atoms with Gasteiger partial charge in [0, 0.05) is 22.6 Å². The van der Waals surface area contributed by atoms with Crippen LogP contribution in [0, 0.1) is 0 Å². The first-order chi connectivity index (χ1) is 9.79. The third-order valence-electron chi connectivity index (χ3n) is 2.51. The molecule has 0 aliphatic carbocycles. The highest BCUT2D eigenvalue weighted by Crippen LogP contribution is 2.25. The third kappa shape index (κ3) is 3.79. The van der Waals surface area contributed by atoms with Crippen molar-refractivity contribution in [2.45, 2.75) is 4.90 Å². The predicted molar refractivity (Wildman–Crippen MR) is 82.7 cm³/mol. The van der Waals surface area contributed by atoms with Crippen LogP contribution in [0.5, 0.6) is 0 Å². The number of anilines is 1. The molecule has 0 aliphatic heterocycles. The first-order valence-corrected chi connectivity index (χ1v) is 8.24.